The molecule has 0 spiro atoms. The van der Waals surface area contributed by atoms with Crippen LogP contribution in [0.5, 0.6) is 0 Å². The first-order valence-electron chi connectivity index (χ1n) is 8.27. The Hall–Kier alpha value is -2.93. The highest BCUT2D eigenvalue weighted by atomic mass is 35.5. The molecule has 4 heterocycles. The van der Waals surface area contributed by atoms with Crippen LogP contribution in [-0.4, -0.2) is 28.9 Å². The first-order valence-corrected chi connectivity index (χ1v) is 8.64. The van der Waals surface area contributed by atoms with E-state index in [1.54, 1.807) is 23.0 Å². The van der Waals surface area contributed by atoms with E-state index in [2.05, 4.69) is 15.1 Å². The number of nitrogens with zero attached hydrogens (tertiary/aromatic N) is 6. The molecule has 2 aliphatic rings. The van der Waals surface area contributed by atoms with Crippen LogP contribution in [0.15, 0.2) is 53.7 Å². The average molecular weight is 369 g/mol. The lowest BCUT2D eigenvalue weighted by molar-refractivity contribution is 0.520. The Kier molecular flexibility index (Phi) is 4.08. The summed E-state index contributed by atoms with van der Waals surface area (Å²) < 4.78 is 5.33. The molecule has 8 heteroatoms. The molecule has 2 aromatic heterocycles. The molecule has 0 amide bonds. The first-order chi connectivity index (χ1) is 12.5. The normalized spacial score (nSPS) is 11.5. The molecular weight excluding hydrogens is 352 g/mol. The number of fused-ring (bicyclic) bond motifs is 1. The average Bonchev–Trinajstić information content (AvgIpc) is 3.21. The summed E-state index contributed by atoms with van der Waals surface area (Å²) in [6.45, 7) is 4.59. The zero-order valence-electron chi connectivity index (χ0n) is 14.4. The van der Waals surface area contributed by atoms with Crippen molar-refractivity contribution in [3.05, 3.63) is 70.1 Å². The standard InChI is InChI=1S/C18H17ClN6O/c1-12(2)25-16(7-8-21-25)24-14-4-3-9-23(17(14)22-18(24)26)11-13-5-6-15(19)20-10-13/h3-10,12H,11H2,1-2H3. The van der Waals surface area contributed by atoms with E-state index >= 15 is 0 Å². The molecule has 132 valence electrons. The summed E-state index contributed by atoms with van der Waals surface area (Å²) in [6, 6.07) is 9.40. The third-order valence-corrected chi connectivity index (χ3v) is 4.39. The minimum absolute atomic E-state index is 0.132. The molecule has 0 bridgehead atoms. The third-order valence-electron chi connectivity index (χ3n) is 4.16. The Morgan fingerprint density at radius 2 is 2.04 bits per heavy atom. The monoisotopic (exact) mass is 368 g/mol. The molecule has 0 unspecified atom stereocenters. The number of aromatic nitrogens is 6. The lowest BCUT2D eigenvalue weighted by Crippen LogP contribution is -2.19. The maximum Gasteiger partial charge on any atom is 0.356 e. The van der Waals surface area contributed by atoms with E-state index in [1.165, 1.54) is 0 Å². The number of halogens is 1. The minimum atomic E-state index is -0.323. The van der Waals surface area contributed by atoms with Crippen LogP contribution < -0.4 is 5.69 Å². The fourth-order valence-electron chi connectivity index (χ4n) is 3.00. The number of pyridine rings is 2. The van der Waals surface area contributed by atoms with E-state index in [-0.39, 0.29) is 11.7 Å². The smallest absolute Gasteiger partial charge is 0.327 e. The Morgan fingerprint density at radius 1 is 1.19 bits per heavy atom. The van der Waals surface area contributed by atoms with Gasteiger partial charge in [-0.25, -0.2) is 19.0 Å². The molecular formula is C18H17ClN6O. The molecule has 0 fully saturated rings. The van der Waals surface area contributed by atoms with Gasteiger partial charge in [0.25, 0.3) is 0 Å². The Bertz CT molecular complexity index is 1080. The van der Waals surface area contributed by atoms with Gasteiger partial charge in [0.15, 0.2) is 5.82 Å². The summed E-state index contributed by atoms with van der Waals surface area (Å²) in [6.07, 6.45) is 5.31. The molecule has 0 saturated carbocycles. The first kappa shape index (κ1) is 16.5. The Labute approximate surface area is 154 Å². The van der Waals surface area contributed by atoms with Crippen molar-refractivity contribution in [3.8, 4) is 17.3 Å². The second-order valence-electron chi connectivity index (χ2n) is 6.29. The predicted molar refractivity (Wildman–Crippen MR) is 99.0 cm³/mol. The van der Waals surface area contributed by atoms with Gasteiger partial charge in [-0.15, -0.1) is 0 Å². The molecule has 0 saturated heterocycles. The van der Waals surface area contributed by atoms with Gasteiger partial charge < -0.3 is 4.57 Å². The van der Waals surface area contributed by atoms with Crippen molar-refractivity contribution in [1.82, 2.24) is 28.9 Å². The largest absolute Gasteiger partial charge is 0.356 e. The molecule has 7 nitrogen and oxygen atoms in total. The fraction of sp³-hybridized carbons (Fsp3) is 0.222. The number of imidazole rings is 1. The summed E-state index contributed by atoms with van der Waals surface area (Å²) in [4.78, 5) is 21.0. The van der Waals surface area contributed by atoms with E-state index in [0.29, 0.717) is 23.3 Å². The predicted octanol–water partition coefficient (Wildman–Crippen LogP) is 3.01. The molecule has 4 rings (SSSR count). The van der Waals surface area contributed by atoms with Gasteiger partial charge in [0.2, 0.25) is 0 Å². The summed E-state index contributed by atoms with van der Waals surface area (Å²) in [5.41, 5.74) is 1.39. The quantitative estimate of drug-likeness (QED) is 0.519. The third kappa shape index (κ3) is 2.80. The van der Waals surface area contributed by atoms with Crippen molar-refractivity contribution in [2.45, 2.75) is 26.4 Å². The topological polar surface area (TPSA) is 70.5 Å². The molecule has 0 atom stereocenters. The van der Waals surface area contributed by atoms with Crippen LogP contribution in [0.3, 0.4) is 0 Å². The summed E-state index contributed by atoms with van der Waals surface area (Å²) in [5.74, 6) is 1.32. The van der Waals surface area contributed by atoms with Crippen LogP contribution in [0.2, 0.25) is 5.15 Å². The van der Waals surface area contributed by atoms with Crippen LogP contribution >= 0.6 is 11.6 Å². The molecule has 26 heavy (non-hydrogen) atoms. The molecule has 0 N–H and O–H groups in total. The molecule has 0 aliphatic carbocycles. The molecule has 2 aromatic rings. The fourth-order valence-corrected chi connectivity index (χ4v) is 3.11. The minimum Gasteiger partial charge on any atom is -0.327 e. The van der Waals surface area contributed by atoms with Gasteiger partial charge >= 0.3 is 5.69 Å². The highest BCUT2D eigenvalue weighted by molar-refractivity contribution is 6.29. The summed E-state index contributed by atoms with van der Waals surface area (Å²) in [5, 5.41) is 4.77. The lowest BCUT2D eigenvalue weighted by atomic mass is 10.2. The second-order valence-corrected chi connectivity index (χ2v) is 6.68. The van der Waals surface area contributed by atoms with E-state index < -0.39 is 0 Å². The van der Waals surface area contributed by atoms with Gasteiger partial charge in [-0.3, -0.25) is 0 Å². The van der Waals surface area contributed by atoms with Gasteiger partial charge in [-0.05, 0) is 37.6 Å². The van der Waals surface area contributed by atoms with Gasteiger partial charge in [-0.2, -0.15) is 10.1 Å². The number of hydrogen-bond donors (Lipinski definition) is 0. The van der Waals surface area contributed by atoms with E-state index in [1.807, 2.05) is 53.6 Å². The Morgan fingerprint density at radius 3 is 2.77 bits per heavy atom. The molecule has 0 aromatic carbocycles. The van der Waals surface area contributed by atoms with E-state index in [9.17, 15) is 4.79 Å². The maximum atomic E-state index is 12.6. The zero-order valence-corrected chi connectivity index (χ0v) is 15.1. The Balaban J connectivity index is 1.80. The van der Waals surface area contributed by atoms with Crippen molar-refractivity contribution >= 4 is 11.6 Å². The van der Waals surface area contributed by atoms with Gasteiger partial charge in [0.1, 0.15) is 11.0 Å². The van der Waals surface area contributed by atoms with Crippen molar-refractivity contribution < 1.29 is 0 Å². The van der Waals surface area contributed by atoms with E-state index in [0.717, 1.165) is 11.3 Å². The van der Waals surface area contributed by atoms with Crippen molar-refractivity contribution in [1.29, 1.82) is 0 Å². The van der Waals surface area contributed by atoms with Crippen molar-refractivity contribution in [2.75, 3.05) is 0 Å². The van der Waals surface area contributed by atoms with Crippen LogP contribution in [0.25, 0.3) is 17.3 Å². The van der Waals surface area contributed by atoms with Crippen LogP contribution in [0.4, 0.5) is 0 Å². The zero-order chi connectivity index (χ0) is 18.3. The molecule has 2 aliphatic heterocycles. The van der Waals surface area contributed by atoms with Crippen LogP contribution in [0, 0.1) is 0 Å². The summed E-state index contributed by atoms with van der Waals surface area (Å²) in [7, 11) is 0. The van der Waals surface area contributed by atoms with Gasteiger partial charge in [0, 0.05) is 24.5 Å². The second kappa shape index (κ2) is 6.42. The van der Waals surface area contributed by atoms with E-state index in [4.69, 9.17) is 11.6 Å². The lowest BCUT2D eigenvalue weighted by Gasteiger charge is -2.14. The highest BCUT2D eigenvalue weighted by Gasteiger charge is 2.21. The van der Waals surface area contributed by atoms with Gasteiger partial charge in [0.05, 0.1) is 18.4 Å². The van der Waals surface area contributed by atoms with Crippen LogP contribution in [-0.2, 0) is 6.54 Å². The molecule has 0 radical (unpaired) electrons. The summed E-state index contributed by atoms with van der Waals surface area (Å²) >= 11 is 5.85. The van der Waals surface area contributed by atoms with Crippen molar-refractivity contribution in [3.63, 3.8) is 0 Å². The highest BCUT2D eigenvalue weighted by Crippen LogP contribution is 2.23. The van der Waals surface area contributed by atoms with Crippen molar-refractivity contribution in [2.24, 2.45) is 0 Å². The maximum absolute atomic E-state index is 12.6. The number of hydrogen-bond acceptors (Lipinski definition) is 4. The van der Waals surface area contributed by atoms with Gasteiger partial charge in [-0.1, -0.05) is 17.7 Å². The number of rotatable bonds is 4. The van der Waals surface area contributed by atoms with Crippen LogP contribution in [0.1, 0.15) is 25.5 Å². The SMILES string of the molecule is CC(C)n1nccc1-n1c2cccn(Cc3ccc(Cl)nc3)c-2nc1=O.